The maximum Gasteiger partial charge on any atom is 0.0926 e. The van der Waals surface area contributed by atoms with Gasteiger partial charge >= 0.3 is 0 Å². The summed E-state index contributed by atoms with van der Waals surface area (Å²) in [6.07, 6.45) is 1.02. The molecule has 0 atom stereocenters. The Balaban J connectivity index is 2.74. The van der Waals surface area contributed by atoms with Crippen LogP contribution in [0.5, 0.6) is 0 Å². The lowest BCUT2D eigenvalue weighted by Gasteiger charge is -1.82. The lowest BCUT2D eigenvalue weighted by Crippen LogP contribution is -1.79. The molecule has 0 aliphatic heterocycles. The molecule has 1 aromatic heterocycles. The van der Waals surface area contributed by atoms with Crippen molar-refractivity contribution in [2.75, 3.05) is 0 Å². The van der Waals surface area contributed by atoms with E-state index in [0.717, 1.165) is 12.1 Å². The Hall–Kier alpha value is -0.0800. The smallest absolute Gasteiger partial charge is 0.0926 e. The van der Waals surface area contributed by atoms with Crippen molar-refractivity contribution in [3.05, 3.63) is 16.1 Å². The van der Waals surface area contributed by atoms with Gasteiger partial charge in [0.05, 0.1) is 16.6 Å². The van der Waals surface area contributed by atoms with Crippen LogP contribution in [0.25, 0.3) is 0 Å². The van der Waals surface area contributed by atoms with Crippen molar-refractivity contribution in [3.63, 3.8) is 0 Å². The Morgan fingerprint density at radius 3 is 2.89 bits per heavy atom. The second-order valence-corrected chi connectivity index (χ2v) is 2.93. The second kappa shape index (κ2) is 3.18. The van der Waals surface area contributed by atoms with E-state index in [9.17, 15) is 0 Å². The molecule has 3 heteroatoms. The highest BCUT2D eigenvalue weighted by Gasteiger charge is 1.95. The van der Waals surface area contributed by atoms with E-state index >= 15 is 0 Å². The zero-order valence-electron chi connectivity index (χ0n) is 5.22. The molecule has 1 rings (SSSR count). The van der Waals surface area contributed by atoms with Gasteiger partial charge in [0.2, 0.25) is 0 Å². The molecule has 0 amide bonds. The Labute approximate surface area is 63.7 Å². The first-order chi connectivity index (χ1) is 4.36. The fourth-order valence-corrected chi connectivity index (χ4v) is 1.55. The summed E-state index contributed by atoms with van der Waals surface area (Å²) in [5.74, 6) is 0.538. The summed E-state index contributed by atoms with van der Waals surface area (Å²) < 4.78 is 0. The molecule has 0 unspecified atom stereocenters. The van der Waals surface area contributed by atoms with Gasteiger partial charge in [0.25, 0.3) is 0 Å². The topological polar surface area (TPSA) is 12.9 Å². The molecule has 0 aliphatic rings. The van der Waals surface area contributed by atoms with Crippen LogP contribution < -0.4 is 0 Å². The van der Waals surface area contributed by atoms with E-state index in [1.54, 1.807) is 11.3 Å². The number of halogens is 1. The molecular formula is C6H8ClNS. The van der Waals surface area contributed by atoms with Gasteiger partial charge in [0.15, 0.2) is 0 Å². The van der Waals surface area contributed by atoms with Gasteiger partial charge in [-0.25, -0.2) is 4.98 Å². The molecule has 1 aromatic rings. The molecule has 0 saturated carbocycles. The number of rotatable bonds is 2. The van der Waals surface area contributed by atoms with Gasteiger partial charge in [-0.3, -0.25) is 0 Å². The molecule has 0 spiro atoms. The van der Waals surface area contributed by atoms with Gasteiger partial charge in [-0.1, -0.05) is 6.92 Å². The Kier molecular flexibility index (Phi) is 2.49. The Morgan fingerprint density at radius 1 is 1.78 bits per heavy atom. The van der Waals surface area contributed by atoms with Crippen molar-refractivity contribution < 1.29 is 0 Å². The average molecular weight is 162 g/mol. The number of nitrogens with zero attached hydrogens (tertiary/aromatic N) is 1. The third-order valence-electron chi connectivity index (χ3n) is 1.04. The van der Waals surface area contributed by atoms with Crippen LogP contribution >= 0.6 is 22.9 Å². The molecule has 0 aromatic carbocycles. The zero-order chi connectivity index (χ0) is 6.69. The molecule has 0 aliphatic carbocycles. The van der Waals surface area contributed by atoms with Crippen molar-refractivity contribution in [2.24, 2.45) is 0 Å². The maximum absolute atomic E-state index is 5.54. The minimum atomic E-state index is 0.538. The zero-order valence-corrected chi connectivity index (χ0v) is 6.80. The molecular weight excluding hydrogens is 154 g/mol. The molecule has 0 bridgehead atoms. The third-order valence-corrected chi connectivity index (χ3v) is 2.35. The predicted octanol–water partition coefficient (Wildman–Crippen LogP) is 2.44. The van der Waals surface area contributed by atoms with Crippen LogP contribution in [0.1, 0.15) is 17.6 Å². The lowest BCUT2D eigenvalue weighted by molar-refractivity contribution is 1.06. The normalized spacial score (nSPS) is 10.0. The first-order valence-corrected chi connectivity index (χ1v) is 4.27. The summed E-state index contributed by atoms with van der Waals surface area (Å²) in [6, 6.07) is 0. The molecule has 9 heavy (non-hydrogen) atoms. The highest BCUT2D eigenvalue weighted by Crippen LogP contribution is 2.11. The Bertz CT molecular complexity index is 166. The first kappa shape index (κ1) is 7.03. The van der Waals surface area contributed by atoms with E-state index in [2.05, 4.69) is 11.9 Å². The molecule has 1 heterocycles. The molecule has 50 valence electrons. The Morgan fingerprint density at radius 2 is 2.56 bits per heavy atom. The summed E-state index contributed by atoms with van der Waals surface area (Å²) in [5.41, 5.74) is 0.999. The average Bonchev–Trinajstić information content (AvgIpc) is 2.34. The van der Waals surface area contributed by atoms with Gasteiger partial charge in [-0.05, 0) is 6.42 Å². The molecule has 0 fully saturated rings. The number of hydrogen-bond donors (Lipinski definition) is 0. The van der Waals surface area contributed by atoms with Crippen LogP contribution in [0, 0.1) is 0 Å². The highest BCUT2D eigenvalue weighted by molar-refractivity contribution is 7.09. The van der Waals surface area contributed by atoms with E-state index in [1.165, 1.54) is 5.01 Å². The van der Waals surface area contributed by atoms with Gasteiger partial charge in [-0.2, -0.15) is 0 Å². The van der Waals surface area contributed by atoms with E-state index in [4.69, 9.17) is 11.6 Å². The van der Waals surface area contributed by atoms with Crippen LogP contribution in [-0.4, -0.2) is 4.98 Å². The monoisotopic (exact) mass is 161 g/mol. The van der Waals surface area contributed by atoms with Crippen molar-refractivity contribution in [1.82, 2.24) is 4.98 Å². The lowest BCUT2D eigenvalue weighted by atomic mass is 10.5. The van der Waals surface area contributed by atoms with Crippen molar-refractivity contribution in [2.45, 2.75) is 19.2 Å². The fraction of sp³-hybridized carbons (Fsp3) is 0.500. The van der Waals surface area contributed by atoms with Crippen LogP contribution in [-0.2, 0) is 12.3 Å². The van der Waals surface area contributed by atoms with Crippen LogP contribution in [0.3, 0.4) is 0 Å². The minimum absolute atomic E-state index is 0.538. The first-order valence-electron chi connectivity index (χ1n) is 2.86. The van der Waals surface area contributed by atoms with Gasteiger partial charge < -0.3 is 0 Å². The molecule has 1 nitrogen and oxygen atoms in total. The number of aryl methyl sites for hydroxylation is 1. The van der Waals surface area contributed by atoms with Gasteiger partial charge in [0.1, 0.15) is 0 Å². The summed E-state index contributed by atoms with van der Waals surface area (Å²) in [4.78, 5) is 4.23. The van der Waals surface area contributed by atoms with Gasteiger partial charge in [0, 0.05) is 5.38 Å². The highest BCUT2D eigenvalue weighted by atomic mass is 35.5. The summed E-state index contributed by atoms with van der Waals surface area (Å²) >= 11 is 7.22. The number of aromatic nitrogens is 1. The van der Waals surface area contributed by atoms with E-state index in [0.29, 0.717) is 5.88 Å². The number of alkyl halides is 1. The quantitative estimate of drug-likeness (QED) is 0.608. The number of hydrogen-bond acceptors (Lipinski definition) is 2. The van der Waals surface area contributed by atoms with E-state index in [1.807, 2.05) is 5.38 Å². The maximum atomic E-state index is 5.54. The van der Waals surface area contributed by atoms with Crippen molar-refractivity contribution in [3.8, 4) is 0 Å². The summed E-state index contributed by atoms with van der Waals surface area (Å²) in [5, 5.41) is 3.18. The third kappa shape index (κ3) is 1.66. The fourth-order valence-electron chi connectivity index (χ4n) is 0.573. The van der Waals surface area contributed by atoms with Crippen molar-refractivity contribution >= 4 is 22.9 Å². The summed E-state index contributed by atoms with van der Waals surface area (Å²) in [7, 11) is 0. The van der Waals surface area contributed by atoms with E-state index < -0.39 is 0 Å². The largest absolute Gasteiger partial charge is 0.245 e. The molecule has 0 saturated heterocycles. The van der Waals surface area contributed by atoms with Crippen molar-refractivity contribution in [1.29, 1.82) is 0 Å². The van der Waals surface area contributed by atoms with Gasteiger partial charge in [-0.15, -0.1) is 22.9 Å². The van der Waals surface area contributed by atoms with E-state index in [-0.39, 0.29) is 0 Å². The molecule has 0 radical (unpaired) electrons. The van der Waals surface area contributed by atoms with Crippen LogP contribution in [0.2, 0.25) is 0 Å². The standard InChI is InChI=1S/C6H8ClNS/c1-2-6-8-5(3-7)4-9-6/h4H,2-3H2,1H3. The second-order valence-electron chi connectivity index (χ2n) is 1.72. The minimum Gasteiger partial charge on any atom is -0.245 e. The van der Waals surface area contributed by atoms with Crippen LogP contribution in [0.15, 0.2) is 5.38 Å². The SMILES string of the molecule is CCc1nc(CCl)cs1. The van der Waals surface area contributed by atoms with Crippen LogP contribution in [0.4, 0.5) is 0 Å². The number of thiazole rings is 1. The summed E-state index contributed by atoms with van der Waals surface area (Å²) in [6.45, 7) is 2.09. The molecule has 0 N–H and O–H groups in total. The predicted molar refractivity (Wildman–Crippen MR) is 41.0 cm³/mol.